The molecule has 2 aromatic rings. The zero-order valence-corrected chi connectivity index (χ0v) is 14.0. The Kier molecular flexibility index (Phi) is 5.03. The molecule has 3 rings (SSSR count). The molecular formula is C18H21ClN2O2. The summed E-state index contributed by atoms with van der Waals surface area (Å²) in [5.74, 6) is 1.63. The van der Waals surface area contributed by atoms with Crippen LogP contribution in [0.4, 0.5) is 0 Å². The van der Waals surface area contributed by atoms with Crippen LogP contribution < -0.4 is 5.32 Å². The normalized spacial score (nSPS) is 15.8. The van der Waals surface area contributed by atoms with Gasteiger partial charge in [0.15, 0.2) is 5.76 Å². The minimum Gasteiger partial charge on any atom is -0.451 e. The molecule has 1 amide bonds. The van der Waals surface area contributed by atoms with Crippen molar-refractivity contribution >= 4 is 17.5 Å². The largest absolute Gasteiger partial charge is 0.451 e. The van der Waals surface area contributed by atoms with E-state index in [9.17, 15) is 4.79 Å². The van der Waals surface area contributed by atoms with E-state index >= 15 is 0 Å². The molecule has 1 saturated heterocycles. The van der Waals surface area contributed by atoms with E-state index in [4.69, 9.17) is 16.0 Å². The summed E-state index contributed by atoms with van der Waals surface area (Å²) in [5, 5.41) is 3.82. The Morgan fingerprint density at radius 3 is 2.70 bits per heavy atom. The Bertz CT molecular complexity index is 675. The summed E-state index contributed by atoms with van der Waals surface area (Å²) in [7, 11) is 1.97. The predicted octanol–water partition coefficient (Wildman–Crippen LogP) is 3.67. The molecule has 0 aliphatic carbocycles. The first-order valence-corrected chi connectivity index (χ1v) is 8.35. The van der Waals surface area contributed by atoms with Crippen molar-refractivity contribution in [3.8, 4) is 11.3 Å². The van der Waals surface area contributed by atoms with Crippen molar-refractivity contribution in [1.82, 2.24) is 10.2 Å². The third kappa shape index (κ3) is 3.59. The number of rotatable bonds is 4. The maximum absolute atomic E-state index is 12.6. The molecule has 0 bridgehead atoms. The van der Waals surface area contributed by atoms with E-state index in [-0.39, 0.29) is 5.91 Å². The maximum atomic E-state index is 12.6. The fraction of sp³-hybridized carbons (Fsp3) is 0.389. The second kappa shape index (κ2) is 7.20. The summed E-state index contributed by atoms with van der Waals surface area (Å²) in [6.07, 6.45) is 2.06. The highest BCUT2D eigenvalue weighted by molar-refractivity contribution is 6.33. The molecule has 1 fully saturated rings. The average Bonchev–Trinajstić information content (AvgIpc) is 3.05. The lowest BCUT2D eigenvalue weighted by Gasteiger charge is -2.31. The lowest BCUT2D eigenvalue weighted by molar-refractivity contribution is 0.0660. The summed E-state index contributed by atoms with van der Waals surface area (Å²) in [4.78, 5) is 14.5. The quantitative estimate of drug-likeness (QED) is 0.929. The van der Waals surface area contributed by atoms with Crippen LogP contribution in [0.15, 0.2) is 40.8 Å². The SMILES string of the molecule is CNCC1CCN(C(=O)c2ccc(-c3ccccc3Cl)o2)CC1. The zero-order chi connectivity index (χ0) is 16.2. The maximum Gasteiger partial charge on any atom is 0.289 e. The number of likely N-dealkylation sites (tertiary alicyclic amines) is 1. The van der Waals surface area contributed by atoms with Crippen molar-refractivity contribution in [2.75, 3.05) is 26.7 Å². The van der Waals surface area contributed by atoms with Crippen molar-refractivity contribution in [1.29, 1.82) is 0 Å². The monoisotopic (exact) mass is 332 g/mol. The molecule has 0 spiro atoms. The number of piperidine rings is 1. The number of nitrogens with zero attached hydrogens (tertiary/aromatic N) is 1. The Balaban J connectivity index is 1.69. The van der Waals surface area contributed by atoms with Gasteiger partial charge in [-0.2, -0.15) is 0 Å². The molecule has 1 aliphatic heterocycles. The number of carbonyl (C=O) groups excluding carboxylic acids is 1. The Hall–Kier alpha value is -1.78. The number of carbonyl (C=O) groups is 1. The Morgan fingerprint density at radius 2 is 2.00 bits per heavy atom. The topological polar surface area (TPSA) is 45.5 Å². The fourth-order valence-electron chi connectivity index (χ4n) is 3.04. The van der Waals surface area contributed by atoms with Gasteiger partial charge in [-0.25, -0.2) is 0 Å². The molecule has 1 aromatic heterocycles. The van der Waals surface area contributed by atoms with Crippen LogP contribution in [-0.2, 0) is 0 Å². The van der Waals surface area contributed by atoms with E-state index in [0.29, 0.717) is 22.5 Å². The molecule has 4 nitrogen and oxygen atoms in total. The smallest absolute Gasteiger partial charge is 0.289 e. The lowest BCUT2D eigenvalue weighted by atomic mass is 9.97. The zero-order valence-electron chi connectivity index (χ0n) is 13.2. The van der Waals surface area contributed by atoms with Crippen molar-refractivity contribution in [3.05, 3.63) is 47.2 Å². The van der Waals surface area contributed by atoms with Crippen LogP contribution in [0.1, 0.15) is 23.4 Å². The summed E-state index contributed by atoms with van der Waals surface area (Å²) in [6.45, 7) is 2.58. The summed E-state index contributed by atoms with van der Waals surface area (Å²) in [6, 6.07) is 11.0. The van der Waals surface area contributed by atoms with E-state index < -0.39 is 0 Å². The molecule has 0 radical (unpaired) electrons. The average molecular weight is 333 g/mol. The van der Waals surface area contributed by atoms with Crippen LogP contribution in [0.25, 0.3) is 11.3 Å². The number of benzene rings is 1. The van der Waals surface area contributed by atoms with Crippen LogP contribution in [0.3, 0.4) is 0 Å². The van der Waals surface area contributed by atoms with Gasteiger partial charge in [-0.15, -0.1) is 0 Å². The van der Waals surface area contributed by atoms with Gasteiger partial charge in [0.05, 0.1) is 5.02 Å². The van der Waals surface area contributed by atoms with Gasteiger partial charge in [0, 0.05) is 18.7 Å². The molecule has 122 valence electrons. The van der Waals surface area contributed by atoms with Gasteiger partial charge in [0.25, 0.3) is 5.91 Å². The van der Waals surface area contributed by atoms with E-state index in [1.807, 2.05) is 42.3 Å². The van der Waals surface area contributed by atoms with Gasteiger partial charge in [0.1, 0.15) is 5.76 Å². The Morgan fingerprint density at radius 1 is 1.26 bits per heavy atom. The second-order valence-electron chi connectivity index (χ2n) is 5.94. The van der Waals surface area contributed by atoms with Crippen LogP contribution in [-0.4, -0.2) is 37.5 Å². The number of hydrogen-bond donors (Lipinski definition) is 1. The summed E-state index contributed by atoms with van der Waals surface area (Å²) in [5.41, 5.74) is 0.806. The molecule has 1 aromatic carbocycles. The van der Waals surface area contributed by atoms with Crippen molar-refractivity contribution in [3.63, 3.8) is 0 Å². The van der Waals surface area contributed by atoms with Crippen molar-refractivity contribution in [2.24, 2.45) is 5.92 Å². The first kappa shape index (κ1) is 16.1. The lowest BCUT2D eigenvalue weighted by Crippen LogP contribution is -2.40. The van der Waals surface area contributed by atoms with Gasteiger partial charge < -0.3 is 14.6 Å². The molecule has 2 heterocycles. The first-order valence-electron chi connectivity index (χ1n) is 7.97. The molecule has 5 heteroatoms. The van der Waals surface area contributed by atoms with Gasteiger partial charge in [-0.05, 0) is 56.6 Å². The molecule has 1 N–H and O–H groups in total. The Labute approximate surface area is 141 Å². The molecule has 0 atom stereocenters. The first-order chi connectivity index (χ1) is 11.2. The van der Waals surface area contributed by atoms with E-state index in [1.54, 1.807) is 6.07 Å². The number of amides is 1. The van der Waals surface area contributed by atoms with Crippen molar-refractivity contribution in [2.45, 2.75) is 12.8 Å². The number of furan rings is 1. The fourth-order valence-corrected chi connectivity index (χ4v) is 3.27. The minimum atomic E-state index is -0.0359. The van der Waals surface area contributed by atoms with Gasteiger partial charge in [0.2, 0.25) is 0 Å². The highest BCUT2D eigenvalue weighted by Gasteiger charge is 2.25. The molecule has 23 heavy (non-hydrogen) atoms. The van der Waals surface area contributed by atoms with Crippen LogP contribution in [0.5, 0.6) is 0 Å². The van der Waals surface area contributed by atoms with Gasteiger partial charge in [-0.1, -0.05) is 23.7 Å². The second-order valence-corrected chi connectivity index (χ2v) is 6.34. The molecule has 0 saturated carbocycles. The number of nitrogens with one attached hydrogen (secondary N) is 1. The molecular weight excluding hydrogens is 312 g/mol. The third-order valence-electron chi connectivity index (χ3n) is 4.35. The van der Waals surface area contributed by atoms with E-state index in [0.717, 1.165) is 38.0 Å². The number of hydrogen-bond acceptors (Lipinski definition) is 3. The predicted molar refractivity (Wildman–Crippen MR) is 91.7 cm³/mol. The van der Waals surface area contributed by atoms with Gasteiger partial charge in [-0.3, -0.25) is 4.79 Å². The van der Waals surface area contributed by atoms with Crippen molar-refractivity contribution < 1.29 is 9.21 Å². The van der Waals surface area contributed by atoms with Crippen LogP contribution >= 0.6 is 11.6 Å². The van der Waals surface area contributed by atoms with Crippen LogP contribution in [0, 0.1) is 5.92 Å². The van der Waals surface area contributed by atoms with E-state index in [2.05, 4.69) is 5.32 Å². The molecule has 1 aliphatic rings. The standard InChI is InChI=1S/C18H21ClN2O2/c1-20-12-13-8-10-21(11-9-13)18(22)17-7-6-16(23-17)14-4-2-3-5-15(14)19/h2-7,13,20H,8-12H2,1H3. The highest BCUT2D eigenvalue weighted by atomic mass is 35.5. The minimum absolute atomic E-state index is 0.0359. The van der Waals surface area contributed by atoms with Crippen LogP contribution in [0.2, 0.25) is 5.02 Å². The highest BCUT2D eigenvalue weighted by Crippen LogP contribution is 2.29. The third-order valence-corrected chi connectivity index (χ3v) is 4.68. The summed E-state index contributed by atoms with van der Waals surface area (Å²) < 4.78 is 5.75. The van der Waals surface area contributed by atoms with Gasteiger partial charge >= 0.3 is 0 Å². The number of halogens is 1. The molecule has 0 unspecified atom stereocenters. The van der Waals surface area contributed by atoms with E-state index in [1.165, 1.54) is 0 Å². The summed E-state index contributed by atoms with van der Waals surface area (Å²) >= 11 is 6.18.